The lowest BCUT2D eigenvalue weighted by Crippen LogP contribution is -2.69. The third kappa shape index (κ3) is 0.744. The zero-order valence-electron chi connectivity index (χ0n) is 6.88. The lowest BCUT2D eigenvalue weighted by Gasteiger charge is -2.67. The van der Waals surface area contributed by atoms with Gasteiger partial charge in [0.05, 0.1) is 13.2 Å². The Labute approximate surface area is 67.5 Å². The van der Waals surface area contributed by atoms with Crippen molar-refractivity contribution in [1.29, 1.82) is 0 Å². The van der Waals surface area contributed by atoms with Gasteiger partial charge in [-0.1, -0.05) is 0 Å². The van der Waals surface area contributed by atoms with Crippen LogP contribution in [0.4, 0.5) is 0 Å². The van der Waals surface area contributed by atoms with Crippen molar-refractivity contribution in [2.75, 3.05) is 26.3 Å². The van der Waals surface area contributed by atoms with Crippen LogP contribution in [0.15, 0.2) is 0 Å². The fourth-order valence-corrected chi connectivity index (χ4v) is 2.86. The fourth-order valence-electron chi connectivity index (χ4n) is 2.86. The number of rotatable bonds is 1. The molecule has 2 heteroatoms. The van der Waals surface area contributed by atoms with E-state index < -0.39 is 0 Å². The Morgan fingerprint density at radius 3 is 2.18 bits per heavy atom. The minimum Gasteiger partial charge on any atom is -0.379 e. The third-order valence-electron chi connectivity index (χ3n) is 3.69. The Morgan fingerprint density at radius 2 is 1.73 bits per heavy atom. The smallest absolute Gasteiger partial charge is 0.0594 e. The van der Waals surface area contributed by atoms with Crippen LogP contribution in [-0.2, 0) is 4.74 Å². The molecule has 2 bridgehead atoms. The SMILES string of the molecule is C1CN(C23CC(C2)C3)CCO1. The maximum Gasteiger partial charge on any atom is 0.0594 e. The molecule has 0 radical (unpaired) electrons. The summed E-state index contributed by atoms with van der Waals surface area (Å²) < 4.78 is 5.34. The van der Waals surface area contributed by atoms with Crippen LogP contribution in [0.2, 0.25) is 0 Å². The standard InChI is InChI=1S/C9H15NO/c1-3-11-4-2-10(1)9-5-8(6-9)7-9/h8H,1-7H2. The lowest BCUT2D eigenvalue weighted by atomic mass is 9.49. The highest BCUT2D eigenvalue weighted by molar-refractivity contribution is 5.15. The summed E-state index contributed by atoms with van der Waals surface area (Å²) in [5, 5.41) is 0. The summed E-state index contributed by atoms with van der Waals surface area (Å²) >= 11 is 0. The first-order valence-electron chi connectivity index (χ1n) is 4.72. The van der Waals surface area contributed by atoms with Crippen molar-refractivity contribution in [3.8, 4) is 0 Å². The van der Waals surface area contributed by atoms with Gasteiger partial charge in [0.1, 0.15) is 0 Å². The van der Waals surface area contributed by atoms with Crippen LogP contribution in [-0.4, -0.2) is 36.7 Å². The maximum absolute atomic E-state index is 5.34. The monoisotopic (exact) mass is 153 g/mol. The molecule has 3 aliphatic carbocycles. The van der Waals surface area contributed by atoms with Gasteiger partial charge in [-0.3, -0.25) is 4.90 Å². The Bertz CT molecular complexity index is 157. The van der Waals surface area contributed by atoms with Crippen LogP contribution in [0.25, 0.3) is 0 Å². The van der Waals surface area contributed by atoms with Crippen LogP contribution < -0.4 is 0 Å². The first-order valence-corrected chi connectivity index (χ1v) is 4.72. The molecule has 1 saturated heterocycles. The summed E-state index contributed by atoms with van der Waals surface area (Å²) in [5.74, 6) is 1.11. The van der Waals surface area contributed by atoms with Crippen LogP contribution in [0.5, 0.6) is 0 Å². The summed E-state index contributed by atoms with van der Waals surface area (Å²) in [6, 6.07) is 0. The highest BCUT2D eigenvalue weighted by Gasteiger charge is 2.59. The van der Waals surface area contributed by atoms with Crippen molar-refractivity contribution in [3.63, 3.8) is 0 Å². The Morgan fingerprint density at radius 1 is 1.09 bits per heavy atom. The average molecular weight is 153 g/mol. The van der Waals surface area contributed by atoms with Gasteiger partial charge in [-0.05, 0) is 25.2 Å². The lowest BCUT2D eigenvalue weighted by molar-refractivity contribution is -0.167. The molecule has 0 aromatic rings. The van der Waals surface area contributed by atoms with Crippen LogP contribution in [0.3, 0.4) is 0 Å². The molecule has 0 spiro atoms. The molecular weight excluding hydrogens is 138 g/mol. The summed E-state index contributed by atoms with van der Waals surface area (Å²) in [6.45, 7) is 4.30. The van der Waals surface area contributed by atoms with E-state index in [1.807, 2.05) is 0 Å². The molecule has 4 fully saturated rings. The van der Waals surface area contributed by atoms with Gasteiger partial charge in [0.15, 0.2) is 0 Å². The van der Waals surface area contributed by atoms with Gasteiger partial charge in [0.2, 0.25) is 0 Å². The minimum absolute atomic E-state index is 0.689. The van der Waals surface area contributed by atoms with Gasteiger partial charge in [-0.15, -0.1) is 0 Å². The molecule has 3 saturated carbocycles. The molecule has 0 N–H and O–H groups in total. The second kappa shape index (κ2) is 1.99. The predicted molar refractivity (Wildman–Crippen MR) is 42.5 cm³/mol. The highest BCUT2D eigenvalue weighted by Crippen LogP contribution is 2.60. The van der Waals surface area contributed by atoms with Crippen molar-refractivity contribution in [2.45, 2.75) is 24.8 Å². The van der Waals surface area contributed by atoms with E-state index in [1.54, 1.807) is 0 Å². The predicted octanol–water partition coefficient (Wildman–Crippen LogP) is 0.871. The quantitative estimate of drug-likeness (QED) is 0.554. The average Bonchev–Trinajstić information content (AvgIpc) is 1.83. The van der Waals surface area contributed by atoms with Gasteiger partial charge in [-0.25, -0.2) is 0 Å². The van der Waals surface area contributed by atoms with Crippen molar-refractivity contribution >= 4 is 0 Å². The summed E-state index contributed by atoms with van der Waals surface area (Å²) in [7, 11) is 0. The second-order valence-corrected chi connectivity index (χ2v) is 4.30. The zero-order valence-corrected chi connectivity index (χ0v) is 6.88. The van der Waals surface area contributed by atoms with Crippen molar-refractivity contribution in [3.05, 3.63) is 0 Å². The molecule has 1 aliphatic heterocycles. The molecule has 0 atom stereocenters. The van der Waals surface area contributed by atoms with E-state index in [0.29, 0.717) is 5.54 Å². The van der Waals surface area contributed by atoms with Gasteiger partial charge in [0.25, 0.3) is 0 Å². The van der Waals surface area contributed by atoms with E-state index in [2.05, 4.69) is 4.90 Å². The summed E-state index contributed by atoms with van der Waals surface area (Å²) in [5.41, 5.74) is 0.689. The number of hydrogen-bond acceptors (Lipinski definition) is 2. The molecule has 1 heterocycles. The first kappa shape index (κ1) is 6.44. The number of hydrogen-bond donors (Lipinski definition) is 0. The molecular formula is C9H15NO. The van der Waals surface area contributed by atoms with Gasteiger partial charge in [0, 0.05) is 18.6 Å². The van der Waals surface area contributed by atoms with Crippen LogP contribution in [0, 0.1) is 5.92 Å². The zero-order chi connectivity index (χ0) is 7.31. The normalized spacial score (nSPS) is 49.6. The summed E-state index contributed by atoms with van der Waals surface area (Å²) in [4.78, 5) is 2.66. The fraction of sp³-hybridized carbons (Fsp3) is 1.00. The summed E-state index contributed by atoms with van der Waals surface area (Å²) in [6.07, 6.45) is 4.48. The molecule has 11 heavy (non-hydrogen) atoms. The number of morpholine rings is 1. The van der Waals surface area contributed by atoms with E-state index in [9.17, 15) is 0 Å². The highest BCUT2D eigenvalue weighted by atomic mass is 16.5. The van der Waals surface area contributed by atoms with Crippen LogP contribution >= 0.6 is 0 Å². The van der Waals surface area contributed by atoms with E-state index >= 15 is 0 Å². The van der Waals surface area contributed by atoms with Crippen molar-refractivity contribution in [2.24, 2.45) is 5.92 Å². The molecule has 4 aliphatic rings. The van der Waals surface area contributed by atoms with E-state index in [4.69, 9.17) is 4.74 Å². The molecule has 0 amide bonds. The Hall–Kier alpha value is -0.0800. The van der Waals surface area contributed by atoms with Crippen molar-refractivity contribution < 1.29 is 4.74 Å². The maximum atomic E-state index is 5.34. The molecule has 0 aromatic heterocycles. The molecule has 0 aromatic carbocycles. The molecule has 4 rings (SSSR count). The Kier molecular flexibility index (Phi) is 1.16. The van der Waals surface area contributed by atoms with Crippen LogP contribution in [0.1, 0.15) is 19.3 Å². The molecule has 2 nitrogen and oxygen atoms in total. The number of nitrogens with zero attached hydrogens (tertiary/aromatic N) is 1. The van der Waals surface area contributed by atoms with E-state index in [-0.39, 0.29) is 0 Å². The van der Waals surface area contributed by atoms with E-state index in [0.717, 1.165) is 19.1 Å². The number of ether oxygens (including phenoxy) is 1. The molecule has 0 unspecified atom stereocenters. The second-order valence-electron chi connectivity index (χ2n) is 4.30. The van der Waals surface area contributed by atoms with Gasteiger partial charge in [-0.2, -0.15) is 0 Å². The van der Waals surface area contributed by atoms with Gasteiger partial charge < -0.3 is 4.74 Å². The first-order chi connectivity index (χ1) is 5.39. The van der Waals surface area contributed by atoms with Crippen molar-refractivity contribution in [1.82, 2.24) is 4.90 Å². The van der Waals surface area contributed by atoms with Gasteiger partial charge >= 0.3 is 0 Å². The topological polar surface area (TPSA) is 12.5 Å². The Balaban J connectivity index is 1.68. The minimum atomic E-state index is 0.689. The third-order valence-corrected chi connectivity index (χ3v) is 3.69. The largest absolute Gasteiger partial charge is 0.379 e. The molecule has 62 valence electrons. The van der Waals surface area contributed by atoms with E-state index in [1.165, 1.54) is 32.4 Å².